The first-order chi connectivity index (χ1) is 14.0. The highest BCUT2D eigenvalue weighted by Gasteiger charge is 2.39. The lowest BCUT2D eigenvalue weighted by molar-refractivity contribution is -0.117. The molecule has 7 heteroatoms. The molecular weight excluding hydrogens is 400 g/mol. The lowest BCUT2D eigenvalue weighted by Crippen LogP contribution is -2.52. The van der Waals surface area contributed by atoms with E-state index in [9.17, 15) is 4.79 Å². The van der Waals surface area contributed by atoms with Crippen molar-refractivity contribution in [2.45, 2.75) is 43.8 Å². The molecule has 0 N–H and O–H groups in total. The molecule has 0 fully saturated rings. The lowest BCUT2D eigenvalue weighted by atomic mass is 9.80. The van der Waals surface area contributed by atoms with E-state index in [0.29, 0.717) is 11.7 Å². The molecule has 5 rings (SSSR count). The first kappa shape index (κ1) is 18.6. The molecular formula is C22H22N4OS2. The normalized spacial score (nSPS) is 18.3. The van der Waals surface area contributed by atoms with Crippen LogP contribution in [0.2, 0.25) is 0 Å². The van der Waals surface area contributed by atoms with Crippen molar-refractivity contribution in [3.63, 3.8) is 0 Å². The summed E-state index contributed by atoms with van der Waals surface area (Å²) in [4.78, 5) is 16.2. The molecule has 1 aliphatic rings. The molecule has 29 heavy (non-hydrogen) atoms. The molecule has 3 heterocycles. The standard InChI is InChI=1S/C22H22N4OS2/c1-14-12-22(2,3)26(16-9-5-4-8-15(14)16)19(27)13-28-20-23-24-21-25(20)17-10-6-7-11-18(17)29-21/h4-11,14H,12-13H2,1-3H3. The maximum atomic E-state index is 13.4. The fourth-order valence-electron chi connectivity index (χ4n) is 4.50. The molecule has 1 atom stereocenters. The SMILES string of the molecule is CC1CC(C)(C)N(C(=O)CSc2nnc3sc4ccccc4n23)c2ccccc21. The second-order valence-corrected chi connectivity index (χ2v) is 10.1. The van der Waals surface area contributed by atoms with Crippen molar-refractivity contribution in [1.82, 2.24) is 14.6 Å². The molecule has 2 aromatic heterocycles. The molecule has 0 bridgehead atoms. The summed E-state index contributed by atoms with van der Waals surface area (Å²) < 4.78 is 3.22. The van der Waals surface area contributed by atoms with Gasteiger partial charge in [0.1, 0.15) is 0 Å². The predicted molar refractivity (Wildman–Crippen MR) is 120 cm³/mol. The van der Waals surface area contributed by atoms with E-state index in [1.54, 1.807) is 11.3 Å². The van der Waals surface area contributed by atoms with Gasteiger partial charge in [0.25, 0.3) is 0 Å². The molecule has 0 spiro atoms. The summed E-state index contributed by atoms with van der Waals surface area (Å²) in [7, 11) is 0. The van der Waals surface area contributed by atoms with Crippen LogP contribution in [-0.4, -0.2) is 31.8 Å². The number of benzene rings is 2. The molecule has 0 saturated carbocycles. The minimum absolute atomic E-state index is 0.107. The van der Waals surface area contributed by atoms with Crippen molar-refractivity contribution in [1.29, 1.82) is 0 Å². The number of para-hydroxylation sites is 2. The van der Waals surface area contributed by atoms with E-state index in [-0.39, 0.29) is 11.4 Å². The monoisotopic (exact) mass is 422 g/mol. The van der Waals surface area contributed by atoms with E-state index in [1.807, 2.05) is 23.1 Å². The number of amides is 1. The third kappa shape index (κ3) is 3.04. The number of carbonyl (C=O) groups excluding carboxylic acids is 1. The Morgan fingerprint density at radius 2 is 1.93 bits per heavy atom. The quantitative estimate of drug-likeness (QED) is 0.417. The summed E-state index contributed by atoms with van der Waals surface area (Å²) in [5, 5.41) is 9.40. The van der Waals surface area contributed by atoms with Gasteiger partial charge in [-0.05, 0) is 49.9 Å². The van der Waals surface area contributed by atoms with Crippen LogP contribution in [-0.2, 0) is 4.79 Å². The van der Waals surface area contributed by atoms with Gasteiger partial charge in [0.05, 0.1) is 16.0 Å². The summed E-state index contributed by atoms with van der Waals surface area (Å²) in [5.41, 5.74) is 3.15. The maximum absolute atomic E-state index is 13.4. The van der Waals surface area contributed by atoms with E-state index in [1.165, 1.54) is 22.0 Å². The smallest absolute Gasteiger partial charge is 0.237 e. The minimum Gasteiger partial charge on any atom is -0.306 e. The van der Waals surface area contributed by atoms with Crippen LogP contribution < -0.4 is 4.90 Å². The van der Waals surface area contributed by atoms with Crippen molar-refractivity contribution < 1.29 is 4.79 Å². The molecule has 0 saturated heterocycles. The third-order valence-electron chi connectivity index (χ3n) is 5.60. The molecule has 1 aliphatic heterocycles. The number of thiazole rings is 1. The predicted octanol–water partition coefficient (Wildman–Crippen LogP) is 5.36. The van der Waals surface area contributed by atoms with Crippen LogP contribution in [0.4, 0.5) is 5.69 Å². The van der Waals surface area contributed by atoms with Crippen molar-refractivity contribution >= 4 is 49.9 Å². The fourth-order valence-corrected chi connectivity index (χ4v) is 6.31. The molecule has 148 valence electrons. The molecule has 1 amide bonds. The van der Waals surface area contributed by atoms with Gasteiger partial charge >= 0.3 is 0 Å². The zero-order chi connectivity index (χ0) is 20.2. The van der Waals surface area contributed by atoms with E-state index >= 15 is 0 Å². The number of rotatable bonds is 3. The van der Waals surface area contributed by atoms with Crippen LogP contribution in [0, 0.1) is 0 Å². The highest BCUT2D eigenvalue weighted by atomic mass is 32.2. The van der Waals surface area contributed by atoms with Crippen molar-refractivity contribution in [2.24, 2.45) is 0 Å². The Balaban J connectivity index is 1.45. The van der Waals surface area contributed by atoms with Gasteiger partial charge in [-0.3, -0.25) is 9.20 Å². The molecule has 1 unspecified atom stereocenters. The minimum atomic E-state index is -0.222. The van der Waals surface area contributed by atoms with Crippen LogP contribution in [0.3, 0.4) is 0 Å². The number of hydrogen-bond acceptors (Lipinski definition) is 5. The lowest BCUT2D eigenvalue weighted by Gasteiger charge is -2.46. The first-order valence-corrected chi connectivity index (χ1v) is 11.5. The Labute approximate surface area is 177 Å². The molecule has 4 aromatic rings. The van der Waals surface area contributed by atoms with Crippen LogP contribution in [0.1, 0.15) is 38.7 Å². The number of aromatic nitrogens is 3. The summed E-state index contributed by atoms with van der Waals surface area (Å²) in [5.74, 6) is 0.874. The van der Waals surface area contributed by atoms with Crippen molar-refractivity contribution in [3.8, 4) is 0 Å². The molecule has 0 aliphatic carbocycles. The Morgan fingerprint density at radius 1 is 1.17 bits per heavy atom. The summed E-state index contributed by atoms with van der Waals surface area (Å²) in [6.07, 6.45) is 0.949. The van der Waals surface area contributed by atoms with Gasteiger partial charge in [-0.25, -0.2) is 0 Å². The van der Waals surface area contributed by atoms with E-state index in [2.05, 4.69) is 65.7 Å². The van der Waals surface area contributed by atoms with E-state index < -0.39 is 0 Å². The van der Waals surface area contributed by atoms with Crippen LogP contribution in [0.5, 0.6) is 0 Å². The molecule has 5 nitrogen and oxygen atoms in total. The summed E-state index contributed by atoms with van der Waals surface area (Å²) in [6.45, 7) is 6.55. The average molecular weight is 423 g/mol. The number of carbonyl (C=O) groups is 1. The van der Waals surface area contributed by atoms with Gasteiger partial charge in [0.2, 0.25) is 10.9 Å². The third-order valence-corrected chi connectivity index (χ3v) is 7.53. The van der Waals surface area contributed by atoms with Crippen LogP contribution >= 0.6 is 23.1 Å². The van der Waals surface area contributed by atoms with Gasteiger partial charge in [0.15, 0.2) is 5.16 Å². The second kappa shape index (κ2) is 6.85. The number of anilines is 1. The largest absolute Gasteiger partial charge is 0.306 e. The first-order valence-electron chi connectivity index (χ1n) is 9.73. The second-order valence-electron chi connectivity index (χ2n) is 8.16. The number of hydrogen-bond donors (Lipinski definition) is 0. The Kier molecular flexibility index (Phi) is 4.40. The molecule has 0 radical (unpaired) electrons. The van der Waals surface area contributed by atoms with E-state index in [4.69, 9.17) is 0 Å². The number of fused-ring (bicyclic) bond motifs is 4. The van der Waals surface area contributed by atoms with Crippen molar-refractivity contribution in [3.05, 3.63) is 54.1 Å². The topological polar surface area (TPSA) is 50.5 Å². The highest BCUT2D eigenvalue weighted by Crippen LogP contribution is 2.43. The van der Waals surface area contributed by atoms with Gasteiger partial charge in [-0.15, -0.1) is 10.2 Å². The Hall–Kier alpha value is -2.38. The van der Waals surface area contributed by atoms with E-state index in [0.717, 1.165) is 27.7 Å². The summed E-state index contributed by atoms with van der Waals surface area (Å²) >= 11 is 3.07. The zero-order valence-corrected chi connectivity index (χ0v) is 18.3. The van der Waals surface area contributed by atoms with Gasteiger partial charge in [0, 0.05) is 11.2 Å². The van der Waals surface area contributed by atoms with Crippen LogP contribution in [0.15, 0.2) is 53.7 Å². The van der Waals surface area contributed by atoms with Crippen molar-refractivity contribution in [2.75, 3.05) is 10.7 Å². The highest BCUT2D eigenvalue weighted by molar-refractivity contribution is 7.99. The molecule has 2 aromatic carbocycles. The van der Waals surface area contributed by atoms with Gasteiger partial charge in [-0.1, -0.05) is 60.4 Å². The Bertz CT molecular complexity index is 1230. The van der Waals surface area contributed by atoms with Gasteiger partial charge < -0.3 is 4.90 Å². The maximum Gasteiger partial charge on any atom is 0.237 e. The number of nitrogens with zero attached hydrogens (tertiary/aromatic N) is 4. The average Bonchev–Trinajstić information content (AvgIpc) is 3.25. The zero-order valence-electron chi connectivity index (χ0n) is 16.6. The fraction of sp³-hybridized carbons (Fsp3) is 0.318. The summed E-state index contributed by atoms with van der Waals surface area (Å²) in [6, 6.07) is 16.5. The van der Waals surface area contributed by atoms with Gasteiger partial charge in [-0.2, -0.15) is 0 Å². The van der Waals surface area contributed by atoms with Crippen LogP contribution in [0.25, 0.3) is 15.2 Å². The Morgan fingerprint density at radius 3 is 2.79 bits per heavy atom. The number of thioether (sulfide) groups is 1.